The Hall–Kier alpha value is -2.41. The van der Waals surface area contributed by atoms with Crippen LogP contribution in [0.1, 0.15) is 47.7 Å². The van der Waals surface area contributed by atoms with Gasteiger partial charge in [-0.15, -0.1) is 11.3 Å². The largest absolute Gasteiger partial charge is 0.359 e. The van der Waals surface area contributed by atoms with Gasteiger partial charge in [-0.25, -0.2) is 0 Å². The topological polar surface area (TPSA) is 72.4 Å². The molecule has 0 aromatic carbocycles. The average Bonchev–Trinajstić information content (AvgIpc) is 3.41. The lowest BCUT2D eigenvalue weighted by atomic mass is 10.1. The molecule has 4 rings (SSSR count). The van der Waals surface area contributed by atoms with Gasteiger partial charge in [-0.3, -0.25) is 4.79 Å². The van der Waals surface area contributed by atoms with Crippen molar-refractivity contribution < 1.29 is 13.8 Å². The maximum Gasteiger partial charge on any atom is 0.276 e. The highest BCUT2D eigenvalue weighted by atomic mass is 32.1. The van der Waals surface area contributed by atoms with Gasteiger partial charge in [-0.05, 0) is 30.7 Å². The normalized spacial score (nSPS) is 17.5. The molecule has 0 spiro atoms. The van der Waals surface area contributed by atoms with Crippen molar-refractivity contribution in [2.24, 2.45) is 0 Å². The van der Waals surface area contributed by atoms with E-state index >= 15 is 0 Å². The van der Waals surface area contributed by atoms with Crippen LogP contribution in [0.4, 0.5) is 0 Å². The summed E-state index contributed by atoms with van der Waals surface area (Å²) in [6, 6.07) is 7.46. The monoisotopic (exact) mass is 343 g/mol. The molecule has 1 amide bonds. The molecule has 1 saturated heterocycles. The van der Waals surface area contributed by atoms with Gasteiger partial charge in [0, 0.05) is 18.7 Å². The van der Waals surface area contributed by atoms with Gasteiger partial charge in [0.15, 0.2) is 17.2 Å². The lowest BCUT2D eigenvalue weighted by molar-refractivity contribution is 0.0704. The summed E-state index contributed by atoms with van der Waals surface area (Å²) in [6.45, 7) is 2.72. The van der Waals surface area contributed by atoms with E-state index in [1.54, 1.807) is 22.3 Å². The van der Waals surface area contributed by atoms with Crippen LogP contribution in [0.15, 0.2) is 38.7 Å². The molecule has 0 N–H and O–H groups in total. The molecule has 3 aromatic heterocycles. The summed E-state index contributed by atoms with van der Waals surface area (Å²) < 4.78 is 10.8. The van der Waals surface area contributed by atoms with E-state index in [1.807, 2.05) is 30.5 Å². The van der Waals surface area contributed by atoms with E-state index in [4.69, 9.17) is 9.05 Å². The second-order valence-electron chi connectivity index (χ2n) is 5.78. The first-order valence-electron chi connectivity index (χ1n) is 8.03. The van der Waals surface area contributed by atoms with Crippen LogP contribution in [0.3, 0.4) is 0 Å². The second kappa shape index (κ2) is 6.24. The van der Waals surface area contributed by atoms with Crippen LogP contribution in [0.5, 0.6) is 0 Å². The number of likely N-dealkylation sites (tertiary alicyclic amines) is 1. The minimum Gasteiger partial charge on any atom is -0.359 e. The zero-order valence-electron chi connectivity index (χ0n) is 13.3. The van der Waals surface area contributed by atoms with Gasteiger partial charge in [-0.1, -0.05) is 23.3 Å². The quantitative estimate of drug-likeness (QED) is 0.717. The van der Waals surface area contributed by atoms with Crippen LogP contribution < -0.4 is 0 Å². The molecular weight excluding hydrogens is 326 g/mol. The molecule has 0 bridgehead atoms. The Balaban J connectivity index is 1.57. The van der Waals surface area contributed by atoms with Crippen molar-refractivity contribution in [2.75, 3.05) is 6.54 Å². The predicted molar refractivity (Wildman–Crippen MR) is 88.7 cm³/mol. The molecule has 4 heterocycles. The van der Waals surface area contributed by atoms with Crippen molar-refractivity contribution in [3.8, 4) is 10.6 Å². The van der Waals surface area contributed by atoms with Gasteiger partial charge >= 0.3 is 0 Å². The lowest BCUT2D eigenvalue weighted by Gasteiger charge is -2.21. The zero-order chi connectivity index (χ0) is 16.5. The first-order chi connectivity index (χ1) is 11.8. The molecule has 1 atom stereocenters. The van der Waals surface area contributed by atoms with Crippen LogP contribution >= 0.6 is 11.3 Å². The first kappa shape index (κ1) is 15.1. The van der Waals surface area contributed by atoms with Crippen molar-refractivity contribution in [3.05, 3.63) is 46.8 Å². The summed E-state index contributed by atoms with van der Waals surface area (Å²) in [5.41, 5.74) is 1.24. The highest BCUT2D eigenvalue weighted by molar-refractivity contribution is 7.13. The molecule has 1 aliphatic rings. The molecule has 0 radical (unpaired) electrons. The van der Waals surface area contributed by atoms with Gasteiger partial charge in [0.25, 0.3) is 5.91 Å². The second-order valence-corrected chi connectivity index (χ2v) is 6.73. The smallest absolute Gasteiger partial charge is 0.276 e. The Morgan fingerprint density at radius 1 is 1.38 bits per heavy atom. The Kier molecular flexibility index (Phi) is 3.93. The Labute approximate surface area is 143 Å². The molecular formula is C17H17N3O3S. The van der Waals surface area contributed by atoms with E-state index in [0.29, 0.717) is 18.0 Å². The molecule has 1 fully saturated rings. The third-order valence-corrected chi connectivity index (χ3v) is 5.16. The van der Waals surface area contributed by atoms with E-state index < -0.39 is 0 Å². The molecule has 7 heteroatoms. The summed E-state index contributed by atoms with van der Waals surface area (Å²) in [4.78, 5) is 15.6. The molecule has 1 aliphatic heterocycles. The highest BCUT2D eigenvalue weighted by Gasteiger charge is 2.34. The highest BCUT2D eigenvalue weighted by Crippen LogP contribution is 2.34. The van der Waals surface area contributed by atoms with Crippen LogP contribution in [0, 0.1) is 0 Å². The number of rotatable bonds is 4. The van der Waals surface area contributed by atoms with Crippen molar-refractivity contribution in [1.29, 1.82) is 0 Å². The molecule has 24 heavy (non-hydrogen) atoms. The predicted octanol–water partition coefficient (Wildman–Crippen LogP) is 3.93. The number of carbonyl (C=O) groups is 1. The standard InChI is InChI=1S/C17H17N3O3S/c1-2-11-9-14(22-18-11)13-5-3-7-20(13)17(21)12-10-15(23-19-12)16-6-4-8-24-16/h4,6,8-10,13H,2-3,5,7H2,1H3/t13-/m0/s1. The molecule has 124 valence electrons. The fourth-order valence-electron chi connectivity index (χ4n) is 3.02. The van der Waals surface area contributed by atoms with Gasteiger partial charge in [0.05, 0.1) is 16.6 Å². The van der Waals surface area contributed by atoms with Crippen LogP contribution in [-0.2, 0) is 6.42 Å². The molecule has 3 aromatic rings. The number of aromatic nitrogens is 2. The molecule has 0 saturated carbocycles. The number of carbonyl (C=O) groups excluding carboxylic acids is 1. The summed E-state index contributed by atoms with van der Waals surface area (Å²) >= 11 is 1.55. The minimum atomic E-state index is -0.126. The SMILES string of the molecule is CCc1cc([C@@H]2CCCN2C(=O)c2cc(-c3cccs3)on2)on1. The fourth-order valence-corrected chi connectivity index (χ4v) is 3.69. The van der Waals surface area contributed by atoms with E-state index in [9.17, 15) is 4.79 Å². The number of aryl methyl sites for hydroxylation is 1. The van der Waals surface area contributed by atoms with E-state index in [2.05, 4.69) is 10.3 Å². The number of nitrogens with zero attached hydrogens (tertiary/aromatic N) is 3. The Morgan fingerprint density at radius 3 is 3.04 bits per heavy atom. The Bertz CT molecular complexity index is 837. The Morgan fingerprint density at radius 2 is 2.29 bits per heavy atom. The molecule has 0 aliphatic carbocycles. The summed E-state index contributed by atoms with van der Waals surface area (Å²) in [6.07, 6.45) is 2.63. The maximum atomic E-state index is 12.8. The number of thiophene rings is 1. The average molecular weight is 343 g/mol. The summed E-state index contributed by atoms with van der Waals surface area (Å²) in [5.74, 6) is 1.25. The number of hydrogen-bond acceptors (Lipinski definition) is 6. The van der Waals surface area contributed by atoms with Gasteiger partial charge in [-0.2, -0.15) is 0 Å². The van der Waals surface area contributed by atoms with Crippen molar-refractivity contribution >= 4 is 17.2 Å². The van der Waals surface area contributed by atoms with E-state index in [-0.39, 0.29) is 11.9 Å². The van der Waals surface area contributed by atoms with Gasteiger partial charge < -0.3 is 13.9 Å². The van der Waals surface area contributed by atoms with Gasteiger partial charge in [0.1, 0.15) is 0 Å². The lowest BCUT2D eigenvalue weighted by Crippen LogP contribution is -2.30. The number of amides is 1. The zero-order valence-corrected chi connectivity index (χ0v) is 14.1. The van der Waals surface area contributed by atoms with Crippen molar-refractivity contribution in [2.45, 2.75) is 32.2 Å². The van der Waals surface area contributed by atoms with Crippen molar-refractivity contribution in [3.63, 3.8) is 0 Å². The number of hydrogen-bond donors (Lipinski definition) is 0. The third kappa shape index (κ3) is 2.65. The van der Waals surface area contributed by atoms with Crippen molar-refractivity contribution in [1.82, 2.24) is 15.2 Å². The maximum absolute atomic E-state index is 12.8. The van der Waals surface area contributed by atoms with Crippen LogP contribution in [0.25, 0.3) is 10.6 Å². The third-order valence-electron chi connectivity index (χ3n) is 4.27. The van der Waals surface area contributed by atoms with E-state index in [1.165, 1.54) is 0 Å². The first-order valence-corrected chi connectivity index (χ1v) is 8.91. The minimum absolute atomic E-state index is 0.0767. The van der Waals surface area contributed by atoms with Gasteiger partial charge in [0.2, 0.25) is 0 Å². The van der Waals surface area contributed by atoms with Crippen LogP contribution in [0.2, 0.25) is 0 Å². The van der Waals surface area contributed by atoms with Crippen LogP contribution in [-0.4, -0.2) is 27.7 Å². The molecule has 0 unspecified atom stereocenters. The van der Waals surface area contributed by atoms with E-state index in [0.717, 1.165) is 35.6 Å². The fraction of sp³-hybridized carbons (Fsp3) is 0.353. The summed E-state index contributed by atoms with van der Waals surface area (Å²) in [5, 5.41) is 9.96. The molecule has 6 nitrogen and oxygen atoms in total. The summed E-state index contributed by atoms with van der Waals surface area (Å²) in [7, 11) is 0.